The largest absolute Gasteiger partial charge is 0.340 e. The van der Waals surface area contributed by atoms with E-state index in [0.717, 1.165) is 50.5 Å². The predicted octanol–water partition coefficient (Wildman–Crippen LogP) is 2.18. The van der Waals surface area contributed by atoms with Crippen LogP contribution in [0.4, 0.5) is 0 Å². The monoisotopic (exact) mass is 336 g/mol. The number of rotatable bonds is 3. The van der Waals surface area contributed by atoms with Crippen LogP contribution in [0.15, 0.2) is 12.4 Å². The van der Waals surface area contributed by atoms with E-state index in [0.29, 0.717) is 5.91 Å². The molecular weight excluding hydrogens is 308 g/mol. The molecule has 0 N–H and O–H groups in total. The molecule has 2 aliphatic heterocycles. The molecule has 5 nitrogen and oxygen atoms in total. The lowest BCUT2D eigenvalue weighted by Crippen LogP contribution is -2.48. The fraction of sp³-hybridized carbons (Fsp3) is 0.765. The Hall–Kier alpha value is -1.01. The first-order valence-corrected chi connectivity index (χ1v) is 9.75. The fourth-order valence-corrected chi connectivity index (χ4v) is 4.24. The lowest BCUT2D eigenvalue weighted by Gasteiger charge is -2.32. The molecule has 3 rings (SSSR count). The molecule has 3 heterocycles. The number of hydrogen-bond acceptors (Lipinski definition) is 4. The molecule has 0 unspecified atom stereocenters. The molecule has 0 spiro atoms. The number of carbonyl (C=O) groups is 1. The predicted molar refractivity (Wildman–Crippen MR) is 94.6 cm³/mol. The topological polar surface area (TPSA) is 41.4 Å². The third-order valence-electron chi connectivity index (χ3n) is 4.68. The Morgan fingerprint density at radius 1 is 1.30 bits per heavy atom. The normalized spacial score (nSPS) is 23.4. The Kier molecular flexibility index (Phi) is 5.01. The van der Waals surface area contributed by atoms with Crippen LogP contribution < -0.4 is 0 Å². The van der Waals surface area contributed by atoms with Crippen molar-refractivity contribution >= 4 is 17.7 Å². The Bertz CT molecular complexity index is 545. The van der Waals surface area contributed by atoms with Crippen molar-refractivity contribution in [1.82, 2.24) is 19.6 Å². The first-order valence-electron chi connectivity index (χ1n) is 8.60. The molecular formula is C17H28N4OS. The van der Waals surface area contributed by atoms with E-state index in [1.54, 1.807) is 0 Å². The van der Waals surface area contributed by atoms with Gasteiger partial charge < -0.3 is 4.90 Å². The first-order chi connectivity index (χ1) is 10.9. The number of amides is 1. The van der Waals surface area contributed by atoms with Gasteiger partial charge in [-0.3, -0.25) is 14.4 Å². The molecule has 0 aliphatic carbocycles. The minimum Gasteiger partial charge on any atom is -0.340 e. The summed E-state index contributed by atoms with van der Waals surface area (Å²) in [6.45, 7) is 10.1. The van der Waals surface area contributed by atoms with Crippen LogP contribution in [0.25, 0.3) is 0 Å². The quantitative estimate of drug-likeness (QED) is 0.848. The average molecular weight is 337 g/mol. The van der Waals surface area contributed by atoms with Crippen LogP contribution in [0, 0.1) is 0 Å². The van der Waals surface area contributed by atoms with E-state index < -0.39 is 0 Å². The van der Waals surface area contributed by atoms with Crippen molar-refractivity contribution in [2.24, 2.45) is 0 Å². The molecule has 6 heteroatoms. The Morgan fingerprint density at radius 3 is 2.70 bits per heavy atom. The maximum Gasteiger partial charge on any atom is 0.239 e. The van der Waals surface area contributed by atoms with Crippen LogP contribution in [-0.4, -0.2) is 62.7 Å². The maximum absolute atomic E-state index is 12.8. The molecule has 0 saturated carbocycles. The summed E-state index contributed by atoms with van der Waals surface area (Å²) in [7, 11) is 0. The lowest BCUT2D eigenvalue weighted by atomic mass is 10.1. The molecule has 0 radical (unpaired) electrons. The second kappa shape index (κ2) is 6.85. The second-order valence-electron chi connectivity index (χ2n) is 7.53. The molecule has 0 aromatic carbocycles. The van der Waals surface area contributed by atoms with Crippen molar-refractivity contribution in [2.75, 3.05) is 31.1 Å². The highest BCUT2D eigenvalue weighted by Gasteiger charge is 2.34. The van der Waals surface area contributed by atoms with E-state index in [2.05, 4.69) is 41.9 Å². The zero-order valence-electron chi connectivity index (χ0n) is 14.5. The van der Waals surface area contributed by atoms with Gasteiger partial charge in [-0.2, -0.15) is 16.9 Å². The van der Waals surface area contributed by atoms with Crippen LogP contribution in [0.1, 0.15) is 39.2 Å². The third kappa shape index (κ3) is 3.91. The summed E-state index contributed by atoms with van der Waals surface area (Å²) in [4.78, 5) is 17.2. The fourth-order valence-electron chi connectivity index (χ4n) is 3.33. The first kappa shape index (κ1) is 16.8. The van der Waals surface area contributed by atoms with Gasteiger partial charge in [0.25, 0.3) is 0 Å². The Balaban J connectivity index is 1.64. The summed E-state index contributed by atoms with van der Waals surface area (Å²) in [5.41, 5.74) is 1.21. The highest BCUT2D eigenvalue weighted by Crippen LogP contribution is 2.24. The lowest BCUT2D eigenvalue weighted by molar-refractivity contribution is -0.135. The van der Waals surface area contributed by atoms with Gasteiger partial charge in [0, 0.05) is 42.9 Å². The van der Waals surface area contributed by atoms with Crippen molar-refractivity contribution in [3.63, 3.8) is 0 Å². The number of hydrogen-bond donors (Lipinski definition) is 0. The van der Waals surface area contributed by atoms with Crippen LogP contribution in [0.5, 0.6) is 0 Å². The minimum atomic E-state index is 0.00392. The van der Waals surface area contributed by atoms with Crippen molar-refractivity contribution in [1.29, 1.82) is 0 Å². The summed E-state index contributed by atoms with van der Waals surface area (Å²) in [5, 5.41) is 4.48. The SMILES string of the molecule is CC(C)(C)n1cc(CN2CCC[C@H]2C(=O)N2CCSCC2)cn1. The molecule has 2 aliphatic rings. The zero-order chi connectivity index (χ0) is 16.4. The number of carbonyl (C=O) groups excluding carboxylic acids is 1. The summed E-state index contributed by atoms with van der Waals surface area (Å²) in [5.74, 6) is 2.50. The molecule has 2 fully saturated rings. The summed E-state index contributed by atoms with van der Waals surface area (Å²) < 4.78 is 2.01. The highest BCUT2D eigenvalue weighted by molar-refractivity contribution is 7.99. The second-order valence-corrected chi connectivity index (χ2v) is 8.75. The Labute approximate surface area is 143 Å². The van der Waals surface area contributed by atoms with E-state index in [1.165, 1.54) is 5.56 Å². The number of likely N-dealkylation sites (tertiary alicyclic amines) is 1. The van der Waals surface area contributed by atoms with Crippen molar-refractivity contribution in [3.8, 4) is 0 Å². The maximum atomic E-state index is 12.8. The van der Waals surface area contributed by atoms with Gasteiger partial charge >= 0.3 is 0 Å². The van der Waals surface area contributed by atoms with Crippen LogP contribution in [0.2, 0.25) is 0 Å². The third-order valence-corrected chi connectivity index (χ3v) is 5.62. The van der Waals surface area contributed by atoms with E-state index in [4.69, 9.17) is 0 Å². The molecule has 1 atom stereocenters. The standard InChI is InChI=1S/C17H28N4OS/c1-17(2,3)21-13-14(11-18-21)12-20-6-4-5-15(20)16(22)19-7-9-23-10-8-19/h11,13,15H,4-10,12H2,1-3H3/t15-/m0/s1. The smallest absolute Gasteiger partial charge is 0.239 e. The molecule has 1 aromatic heterocycles. The van der Waals surface area contributed by atoms with Gasteiger partial charge in [0.1, 0.15) is 0 Å². The van der Waals surface area contributed by atoms with Gasteiger partial charge in [0.05, 0.1) is 17.8 Å². The molecule has 2 saturated heterocycles. The van der Waals surface area contributed by atoms with Crippen LogP contribution in [0.3, 0.4) is 0 Å². The summed E-state index contributed by atoms with van der Waals surface area (Å²) >= 11 is 1.95. The van der Waals surface area contributed by atoms with E-state index in [1.807, 2.05) is 22.6 Å². The van der Waals surface area contributed by atoms with Crippen molar-refractivity contribution < 1.29 is 4.79 Å². The van der Waals surface area contributed by atoms with Crippen molar-refractivity contribution in [2.45, 2.75) is 51.7 Å². The molecule has 128 valence electrons. The highest BCUT2D eigenvalue weighted by atomic mass is 32.2. The van der Waals surface area contributed by atoms with Gasteiger partial charge in [-0.15, -0.1) is 0 Å². The summed E-state index contributed by atoms with van der Waals surface area (Å²) in [6.07, 6.45) is 6.18. The van der Waals surface area contributed by atoms with E-state index >= 15 is 0 Å². The molecule has 0 bridgehead atoms. The summed E-state index contributed by atoms with van der Waals surface area (Å²) in [6, 6.07) is 0.0658. The number of aromatic nitrogens is 2. The van der Waals surface area contributed by atoms with Gasteiger partial charge in [-0.05, 0) is 40.2 Å². The molecule has 1 aromatic rings. The minimum absolute atomic E-state index is 0.00392. The molecule has 23 heavy (non-hydrogen) atoms. The van der Waals surface area contributed by atoms with Gasteiger partial charge in [-0.25, -0.2) is 0 Å². The van der Waals surface area contributed by atoms with E-state index in [9.17, 15) is 4.79 Å². The zero-order valence-corrected chi connectivity index (χ0v) is 15.3. The van der Waals surface area contributed by atoms with Crippen LogP contribution >= 0.6 is 11.8 Å². The number of nitrogens with zero attached hydrogens (tertiary/aromatic N) is 4. The Morgan fingerprint density at radius 2 is 2.04 bits per heavy atom. The van der Waals surface area contributed by atoms with Gasteiger partial charge in [-0.1, -0.05) is 0 Å². The average Bonchev–Trinajstić information content (AvgIpc) is 3.17. The van der Waals surface area contributed by atoms with Crippen molar-refractivity contribution in [3.05, 3.63) is 18.0 Å². The van der Waals surface area contributed by atoms with Gasteiger partial charge in [0.2, 0.25) is 5.91 Å². The number of thioether (sulfide) groups is 1. The molecule has 1 amide bonds. The van der Waals surface area contributed by atoms with E-state index in [-0.39, 0.29) is 11.6 Å². The van der Waals surface area contributed by atoms with Gasteiger partial charge in [0.15, 0.2) is 0 Å². The van der Waals surface area contributed by atoms with Crippen LogP contribution in [-0.2, 0) is 16.9 Å².